The van der Waals surface area contributed by atoms with Crippen molar-refractivity contribution in [3.05, 3.63) is 47.4 Å². The zero-order valence-corrected chi connectivity index (χ0v) is 11.0. The van der Waals surface area contributed by atoms with Gasteiger partial charge < -0.3 is 5.73 Å². The van der Waals surface area contributed by atoms with Crippen molar-refractivity contribution in [3.8, 4) is 0 Å². The molecule has 1 aromatic carbocycles. The van der Waals surface area contributed by atoms with Crippen molar-refractivity contribution < 1.29 is 12.8 Å². The summed E-state index contributed by atoms with van der Waals surface area (Å²) in [6.45, 7) is 0. The Morgan fingerprint density at radius 2 is 2.05 bits per heavy atom. The minimum Gasteiger partial charge on any atom is -0.398 e. The Morgan fingerprint density at radius 1 is 1.32 bits per heavy atom. The number of hydrogen-bond donors (Lipinski definition) is 2. The minimum atomic E-state index is -4.05. The van der Waals surface area contributed by atoms with Gasteiger partial charge in [0.25, 0.3) is 10.0 Å². The highest BCUT2D eigenvalue weighted by atomic mass is 35.5. The summed E-state index contributed by atoms with van der Waals surface area (Å²) < 4.78 is 39.4. The summed E-state index contributed by atoms with van der Waals surface area (Å²) in [5, 5.41) is 0.126. The molecule has 100 valence electrons. The topological polar surface area (TPSA) is 85.1 Å². The standard InChI is InChI=1S/C11H9ClFN3O2S/c12-8-2-1-5-15-11(8)16-19(17,18)10-6-7(13)3-4-9(10)14/h1-6H,14H2,(H,15,16). The predicted molar refractivity (Wildman–Crippen MR) is 70.9 cm³/mol. The first-order valence-corrected chi connectivity index (χ1v) is 6.94. The predicted octanol–water partition coefficient (Wildman–Crippen LogP) is 2.26. The molecule has 19 heavy (non-hydrogen) atoms. The Hall–Kier alpha value is -1.86. The van der Waals surface area contributed by atoms with E-state index in [9.17, 15) is 12.8 Å². The molecule has 0 radical (unpaired) electrons. The Bertz CT molecular complexity index is 722. The quantitative estimate of drug-likeness (QED) is 0.852. The molecule has 0 saturated heterocycles. The van der Waals surface area contributed by atoms with Crippen LogP contribution in [0.1, 0.15) is 0 Å². The highest BCUT2D eigenvalue weighted by Gasteiger charge is 2.20. The molecule has 3 N–H and O–H groups in total. The van der Waals surface area contributed by atoms with E-state index in [1.807, 2.05) is 0 Å². The maximum absolute atomic E-state index is 13.1. The summed E-state index contributed by atoms with van der Waals surface area (Å²) in [6, 6.07) is 6.10. The largest absolute Gasteiger partial charge is 0.398 e. The van der Waals surface area contributed by atoms with Crippen LogP contribution in [-0.2, 0) is 10.0 Å². The van der Waals surface area contributed by atoms with Crippen LogP contribution in [0.15, 0.2) is 41.4 Å². The number of nitrogens with zero attached hydrogens (tertiary/aromatic N) is 1. The summed E-state index contributed by atoms with van der Waals surface area (Å²) in [7, 11) is -4.05. The van der Waals surface area contributed by atoms with Gasteiger partial charge in [-0.3, -0.25) is 4.72 Å². The maximum Gasteiger partial charge on any atom is 0.265 e. The molecule has 5 nitrogen and oxygen atoms in total. The lowest BCUT2D eigenvalue weighted by Gasteiger charge is -2.10. The third-order valence-electron chi connectivity index (χ3n) is 2.25. The van der Waals surface area contributed by atoms with Crippen molar-refractivity contribution in [1.29, 1.82) is 0 Å². The molecule has 0 saturated carbocycles. The molecule has 0 aliphatic heterocycles. The van der Waals surface area contributed by atoms with E-state index in [2.05, 4.69) is 9.71 Å². The molecule has 0 unspecified atom stereocenters. The average Bonchev–Trinajstić information content (AvgIpc) is 2.35. The van der Waals surface area contributed by atoms with Gasteiger partial charge in [0.05, 0.1) is 10.7 Å². The SMILES string of the molecule is Nc1ccc(F)cc1S(=O)(=O)Nc1ncccc1Cl. The van der Waals surface area contributed by atoms with Crippen molar-refractivity contribution in [2.75, 3.05) is 10.5 Å². The lowest BCUT2D eigenvalue weighted by Crippen LogP contribution is -2.16. The fourth-order valence-corrected chi connectivity index (χ4v) is 2.78. The number of nitrogens with two attached hydrogens (primary N) is 1. The number of sulfonamides is 1. The first-order chi connectivity index (χ1) is 8.90. The molecule has 0 aliphatic carbocycles. The monoisotopic (exact) mass is 301 g/mol. The molecular formula is C11H9ClFN3O2S. The summed E-state index contributed by atoms with van der Waals surface area (Å²) in [5.74, 6) is -0.755. The molecule has 0 spiro atoms. The molecule has 1 heterocycles. The first kappa shape index (κ1) is 13.6. The van der Waals surface area contributed by atoms with E-state index in [0.717, 1.165) is 12.1 Å². The number of benzene rings is 1. The number of aromatic nitrogens is 1. The Labute approximate surface area is 114 Å². The normalized spacial score (nSPS) is 11.3. The number of nitrogens with one attached hydrogen (secondary N) is 1. The van der Waals surface area contributed by atoms with Crippen LogP contribution in [0, 0.1) is 5.82 Å². The van der Waals surface area contributed by atoms with Gasteiger partial charge in [-0.15, -0.1) is 0 Å². The Kier molecular flexibility index (Phi) is 3.59. The molecule has 8 heteroatoms. The lowest BCUT2D eigenvalue weighted by molar-refractivity contribution is 0.596. The van der Waals surface area contributed by atoms with Crippen LogP contribution in [0.2, 0.25) is 5.02 Å². The van der Waals surface area contributed by atoms with Crippen LogP contribution >= 0.6 is 11.6 Å². The zero-order chi connectivity index (χ0) is 14.0. The van der Waals surface area contributed by atoms with E-state index in [1.54, 1.807) is 6.07 Å². The molecule has 2 rings (SSSR count). The smallest absolute Gasteiger partial charge is 0.265 e. The summed E-state index contributed by atoms with van der Waals surface area (Å²) in [4.78, 5) is 3.42. The van der Waals surface area contributed by atoms with Crippen molar-refractivity contribution in [2.24, 2.45) is 0 Å². The number of rotatable bonds is 3. The van der Waals surface area contributed by atoms with E-state index < -0.39 is 15.8 Å². The van der Waals surface area contributed by atoms with Gasteiger partial charge in [-0.05, 0) is 30.3 Å². The minimum absolute atomic E-state index is 0.0483. The highest BCUT2D eigenvalue weighted by molar-refractivity contribution is 7.92. The van der Waals surface area contributed by atoms with Gasteiger partial charge in [0.15, 0.2) is 5.82 Å². The maximum atomic E-state index is 13.1. The van der Waals surface area contributed by atoms with E-state index in [-0.39, 0.29) is 21.4 Å². The van der Waals surface area contributed by atoms with Crippen LogP contribution in [0.3, 0.4) is 0 Å². The molecule has 0 amide bonds. The van der Waals surface area contributed by atoms with Gasteiger partial charge in [0.1, 0.15) is 10.7 Å². The van der Waals surface area contributed by atoms with Crippen LogP contribution in [0.5, 0.6) is 0 Å². The van der Waals surface area contributed by atoms with Crippen LogP contribution in [0.4, 0.5) is 15.9 Å². The highest BCUT2D eigenvalue weighted by Crippen LogP contribution is 2.24. The van der Waals surface area contributed by atoms with E-state index >= 15 is 0 Å². The molecule has 0 atom stereocenters. The number of anilines is 2. The average molecular weight is 302 g/mol. The third-order valence-corrected chi connectivity index (χ3v) is 3.95. The van der Waals surface area contributed by atoms with Crippen LogP contribution in [0.25, 0.3) is 0 Å². The summed E-state index contributed by atoms with van der Waals surface area (Å²) in [6.07, 6.45) is 1.37. The van der Waals surface area contributed by atoms with Gasteiger partial charge in [0.2, 0.25) is 0 Å². The van der Waals surface area contributed by atoms with Crippen molar-refractivity contribution in [3.63, 3.8) is 0 Å². The van der Waals surface area contributed by atoms with Crippen molar-refractivity contribution in [2.45, 2.75) is 4.90 Å². The van der Waals surface area contributed by atoms with Crippen molar-refractivity contribution >= 4 is 33.1 Å². The van der Waals surface area contributed by atoms with Gasteiger partial charge in [0, 0.05) is 6.20 Å². The van der Waals surface area contributed by atoms with Crippen LogP contribution < -0.4 is 10.5 Å². The van der Waals surface area contributed by atoms with Gasteiger partial charge in [-0.1, -0.05) is 11.6 Å². The van der Waals surface area contributed by atoms with Crippen LogP contribution in [-0.4, -0.2) is 13.4 Å². The second-order valence-corrected chi connectivity index (χ2v) is 5.68. The van der Waals surface area contributed by atoms with E-state index in [1.165, 1.54) is 18.3 Å². The molecule has 0 aliphatic rings. The number of halogens is 2. The van der Waals surface area contributed by atoms with Crippen molar-refractivity contribution in [1.82, 2.24) is 4.98 Å². The fraction of sp³-hybridized carbons (Fsp3) is 0. The lowest BCUT2D eigenvalue weighted by atomic mass is 10.3. The summed E-state index contributed by atoms with van der Waals surface area (Å²) in [5.41, 5.74) is 5.46. The van der Waals surface area contributed by atoms with Gasteiger partial charge in [-0.25, -0.2) is 17.8 Å². The number of hydrogen-bond acceptors (Lipinski definition) is 4. The molecule has 0 bridgehead atoms. The zero-order valence-electron chi connectivity index (χ0n) is 9.47. The number of nitrogen functional groups attached to an aromatic ring is 1. The van der Waals surface area contributed by atoms with Gasteiger partial charge in [-0.2, -0.15) is 0 Å². The second-order valence-electron chi connectivity index (χ2n) is 3.62. The van der Waals surface area contributed by atoms with Gasteiger partial charge >= 0.3 is 0 Å². The summed E-state index contributed by atoms with van der Waals surface area (Å²) >= 11 is 5.79. The molecule has 0 fully saturated rings. The van der Waals surface area contributed by atoms with E-state index in [0.29, 0.717) is 0 Å². The second kappa shape index (κ2) is 5.02. The fourth-order valence-electron chi connectivity index (χ4n) is 1.38. The van der Waals surface area contributed by atoms with E-state index in [4.69, 9.17) is 17.3 Å². The first-order valence-electron chi connectivity index (χ1n) is 5.08. The Balaban J connectivity index is 2.44. The number of pyridine rings is 1. The molecule has 2 aromatic rings. The Morgan fingerprint density at radius 3 is 2.74 bits per heavy atom. The molecule has 1 aromatic heterocycles. The third kappa shape index (κ3) is 2.94. The molecular weight excluding hydrogens is 293 g/mol.